The van der Waals surface area contributed by atoms with E-state index in [1.165, 1.54) is 11.8 Å². The second-order valence-corrected chi connectivity index (χ2v) is 1.24. The third-order valence-corrected chi connectivity index (χ3v) is 0. The van der Waals surface area contributed by atoms with Crippen molar-refractivity contribution >= 4 is 17.7 Å². The van der Waals surface area contributed by atoms with E-state index < -0.39 is 0 Å². The van der Waals surface area contributed by atoms with Crippen LogP contribution in [0.3, 0.4) is 0 Å². The Balaban J connectivity index is 0. The van der Waals surface area contributed by atoms with Gasteiger partial charge in [0.15, 0.2) is 5.12 Å². The van der Waals surface area contributed by atoms with Crippen LogP contribution in [0.5, 0.6) is 0 Å². The largest absolute Gasteiger partial charge is 0.373 e. The SMILES string of the molecule is CC(=O)S.[N-]=[N+]=[N-]. The molecule has 0 heterocycles. The van der Waals surface area contributed by atoms with E-state index >= 15 is 0 Å². The van der Waals surface area contributed by atoms with Crippen LogP contribution >= 0.6 is 12.6 Å². The van der Waals surface area contributed by atoms with Crippen LogP contribution in [0.15, 0.2) is 0 Å². The zero-order valence-corrected chi connectivity index (χ0v) is 4.59. The number of hydrogen-bond acceptors (Lipinski definition) is 1. The Morgan fingerprint density at radius 2 is 1.71 bits per heavy atom. The molecule has 0 aliphatic carbocycles. The first-order valence-corrected chi connectivity index (χ1v) is 1.77. The highest BCUT2D eigenvalue weighted by Crippen LogP contribution is 1.66. The summed E-state index contributed by atoms with van der Waals surface area (Å²) < 4.78 is 0. The van der Waals surface area contributed by atoms with Crippen LogP contribution in [0.2, 0.25) is 0 Å². The summed E-state index contributed by atoms with van der Waals surface area (Å²) in [5, 5.41) is -0.139. The van der Waals surface area contributed by atoms with Gasteiger partial charge in [-0.3, -0.25) is 9.71 Å². The lowest BCUT2D eigenvalue weighted by Crippen LogP contribution is -1.62. The smallest absolute Gasteiger partial charge is 0.182 e. The summed E-state index contributed by atoms with van der Waals surface area (Å²) in [6.07, 6.45) is 0. The van der Waals surface area contributed by atoms with Crippen molar-refractivity contribution in [1.82, 2.24) is 0 Å². The monoisotopic (exact) mass is 118 g/mol. The summed E-state index contributed by atoms with van der Waals surface area (Å²) in [6.45, 7) is 1.39. The van der Waals surface area contributed by atoms with Gasteiger partial charge in [0, 0.05) is 6.92 Å². The first-order valence-electron chi connectivity index (χ1n) is 1.33. The summed E-state index contributed by atoms with van der Waals surface area (Å²) >= 11 is 3.33. The van der Waals surface area contributed by atoms with Gasteiger partial charge in [0.1, 0.15) is 0 Å². The molecule has 0 saturated heterocycles. The molecule has 0 fully saturated rings. The van der Waals surface area contributed by atoms with E-state index in [0.29, 0.717) is 0 Å². The van der Waals surface area contributed by atoms with E-state index in [-0.39, 0.29) is 5.12 Å². The Labute approximate surface area is 46.4 Å². The molecular weight excluding hydrogens is 114 g/mol. The van der Waals surface area contributed by atoms with Gasteiger partial charge in [0.05, 0.1) is 0 Å². The predicted octanol–water partition coefficient (Wildman–Crippen LogP) is 1.33. The molecule has 4 nitrogen and oxygen atoms in total. The zero-order chi connectivity index (χ0) is 6.28. The van der Waals surface area contributed by atoms with Crippen molar-refractivity contribution in [1.29, 1.82) is 0 Å². The predicted molar refractivity (Wildman–Crippen MR) is 29.7 cm³/mol. The van der Waals surface area contributed by atoms with E-state index in [2.05, 4.69) is 12.6 Å². The first kappa shape index (κ1) is 9.59. The van der Waals surface area contributed by atoms with Crippen LogP contribution in [0, 0.1) is 0 Å². The van der Waals surface area contributed by atoms with E-state index in [1.54, 1.807) is 0 Å². The second-order valence-electron chi connectivity index (χ2n) is 0.608. The lowest BCUT2D eigenvalue weighted by molar-refractivity contribution is -0.108. The van der Waals surface area contributed by atoms with Crippen molar-refractivity contribution < 1.29 is 4.79 Å². The molecule has 0 radical (unpaired) electrons. The van der Waals surface area contributed by atoms with Gasteiger partial charge in [0.2, 0.25) is 0 Å². The van der Waals surface area contributed by atoms with Gasteiger partial charge in [-0.1, -0.05) is 0 Å². The van der Waals surface area contributed by atoms with Gasteiger partial charge >= 0.3 is 0 Å². The topological polar surface area (TPSA) is 75.8 Å². The van der Waals surface area contributed by atoms with E-state index in [0.717, 1.165) is 0 Å². The number of hydrogen-bond donors (Lipinski definition) is 1. The number of carbonyl (C=O) groups is 1. The third kappa shape index (κ3) is 132. The molecule has 0 N–H and O–H groups in total. The maximum atomic E-state index is 9.31. The van der Waals surface area contributed by atoms with Crippen molar-refractivity contribution in [3.05, 3.63) is 16.0 Å². The normalized spacial score (nSPS) is 4.86. The molecular formula is C2H4N3OS-. The lowest BCUT2D eigenvalue weighted by atomic mass is 10.9. The number of carbonyl (C=O) groups excluding carboxylic acids is 1. The van der Waals surface area contributed by atoms with Crippen molar-refractivity contribution in [2.45, 2.75) is 6.92 Å². The van der Waals surface area contributed by atoms with Crippen molar-refractivity contribution in [3.63, 3.8) is 0 Å². The fraction of sp³-hybridized carbons (Fsp3) is 0.500. The molecule has 0 spiro atoms. The average molecular weight is 118 g/mol. The molecule has 0 unspecified atom stereocenters. The quantitative estimate of drug-likeness (QED) is 0.221. The molecule has 0 amide bonds. The van der Waals surface area contributed by atoms with Gasteiger partial charge in [-0.2, -0.15) is 0 Å². The molecule has 0 aliphatic rings. The highest BCUT2D eigenvalue weighted by atomic mass is 32.1. The third-order valence-electron chi connectivity index (χ3n) is 0. The number of rotatable bonds is 0. The highest BCUT2D eigenvalue weighted by molar-refractivity contribution is 7.96. The van der Waals surface area contributed by atoms with Gasteiger partial charge in [0.25, 0.3) is 0 Å². The molecule has 0 saturated carbocycles. The van der Waals surface area contributed by atoms with Crippen LogP contribution in [0.25, 0.3) is 16.0 Å². The maximum absolute atomic E-state index is 9.31. The number of thiol groups is 1. The zero-order valence-electron chi connectivity index (χ0n) is 3.70. The first-order chi connectivity index (χ1) is 3.15. The Morgan fingerprint density at radius 1 is 1.71 bits per heavy atom. The van der Waals surface area contributed by atoms with Gasteiger partial charge < -0.3 is 11.1 Å². The summed E-state index contributed by atoms with van der Waals surface area (Å²) in [4.78, 5) is 10.8. The molecule has 40 valence electrons. The van der Waals surface area contributed by atoms with E-state index in [1.807, 2.05) is 0 Å². The standard InChI is InChI=1S/C2H4OS.N3/c1-2(3)4;1-3-2/h1H3,(H,3,4);/q;-1. The van der Waals surface area contributed by atoms with Crippen LogP contribution in [0.4, 0.5) is 0 Å². The molecule has 5 heteroatoms. The molecule has 0 aliphatic heterocycles. The summed E-state index contributed by atoms with van der Waals surface area (Å²) in [6, 6.07) is 0. The van der Waals surface area contributed by atoms with E-state index in [9.17, 15) is 4.79 Å². The van der Waals surface area contributed by atoms with Crippen molar-refractivity contribution in [3.8, 4) is 0 Å². The Kier molecular flexibility index (Phi) is 12.3. The summed E-state index contributed by atoms with van der Waals surface area (Å²) in [5.74, 6) is 0. The fourth-order valence-corrected chi connectivity index (χ4v) is 0. The maximum Gasteiger partial charge on any atom is 0.182 e. The van der Waals surface area contributed by atoms with Crippen LogP contribution in [-0.4, -0.2) is 5.12 Å². The highest BCUT2D eigenvalue weighted by Gasteiger charge is 1.63. The molecule has 0 atom stereocenters. The Hall–Kier alpha value is -0.670. The van der Waals surface area contributed by atoms with Crippen LogP contribution in [-0.2, 0) is 4.79 Å². The minimum atomic E-state index is -0.139. The molecule has 0 rings (SSSR count). The minimum absolute atomic E-state index is 0.139. The fourth-order valence-electron chi connectivity index (χ4n) is 0. The molecule has 0 aromatic rings. The minimum Gasteiger partial charge on any atom is -0.373 e. The van der Waals surface area contributed by atoms with Gasteiger partial charge in [-0.15, -0.1) is 12.6 Å². The summed E-state index contributed by atoms with van der Waals surface area (Å²) in [7, 11) is 0. The Bertz CT molecular complexity index is 80.9. The molecule has 7 heavy (non-hydrogen) atoms. The van der Waals surface area contributed by atoms with Crippen LogP contribution in [0.1, 0.15) is 6.92 Å². The van der Waals surface area contributed by atoms with E-state index in [4.69, 9.17) is 11.1 Å². The van der Waals surface area contributed by atoms with Gasteiger partial charge in [-0.05, 0) is 0 Å². The van der Waals surface area contributed by atoms with Crippen molar-refractivity contribution in [2.24, 2.45) is 0 Å². The van der Waals surface area contributed by atoms with Crippen LogP contribution < -0.4 is 0 Å². The summed E-state index contributed by atoms with van der Waals surface area (Å²) in [5.41, 5.74) is 13.5. The van der Waals surface area contributed by atoms with Gasteiger partial charge in [-0.25, -0.2) is 0 Å². The molecule has 0 aromatic heterocycles. The van der Waals surface area contributed by atoms with Crippen molar-refractivity contribution in [2.75, 3.05) is 0 Å². The number of nitrogens with zero attached hydrogens (tertiary/aromatic N) is 3. The average Bonchev–Trinajstić information content (AvgIpc) is 1.33. The lowest BCUT2D eigenvalue weighted by Gasteiger charge is -1.55. The Morgan fingerprint density at radius 3 is 1.71 bits per heavy atom. The molecule has 0 bridgehead atoms. The second kappa shape index (κ2) is 9.01. The molecule has 0 aromatic carbocycles.